The number of carbonyl (C=O) groups excluding carboxylic acids is 1. The second-order valence-electron chi connectivity index (χ2n) is 8.76. The summed E-state index contributed by atoms with van der Waals surface area (Å²) in [6, 6.07) is 20.6. The zero-order valence-electron chi connectivity index (χ0n) is 19.0. The summed E-state index contributed by atoms with van der Waals surface area (Å²) in [5.41, 5.74) is 5.07. The van der Waals surface area contributed by atoms with Crippen molar-refractivity contribution >= 4 is 34.1 Å². The van der Waals surface area contributed by atoms with Gasteiger partial charge < -0.3 is 9.47 Å². The Kier molecular flexibility index (Phi) is 5.62. The molecule has 1 aliphatic heterocycles. The third-order valence-corrected chi connectivity index (χ3v) is 6.99. The number of amides is 1. The van der Waals surface area contributed by atoms with Gasteiger partial charge in [-0.05, 0) is 49.6 Å². The van der Waals surface area contributed by atoms with E-state index in [1.807, 2.05) is 48.3 Å². The average molecular weight is 474 g/mol. The van der Waals surface area contributed by atoms with E-state index in [0.717, 1.165) is 40.6 Å². The molecule has 1 unspecified atom stereocenters. The van der Waals surface area contributed by atoms with Gasteiger partial charge in [-0.2, -0.15) is 0 Å². The largest absolute Gasteiger partial charge is 0.345 e. The molecule has 3 aromatic carbocycles. The highest BCUT2D eigenvalue weighted by molar-refractivity contribution is 6.31. The summed E-state index contributed by atoms with van der Waals surface area (Å²) in [6.45, 7) is 2.28. The Hall–Kier alpha value is -3.64. The van der Waals surface area contributed by atoms with Gasteiger partial charge in [0.1, 0.15) is 0 Å². The number of carbonyl (C=O) groups is 1. The molecular weight excluding hydrogens is 450 g/mol. The standard InChI is InChI=1S/C27H24ClN3O3/c1-17-10-11-19(15-24(17)31(33)34)27(32)30-14-6-9-23(30)26-25(18-7-4-3-5-8-18)21-16-20(28)12-13-22(21)29(26)2/h3-5,7-8,10-13,15-16,23H,6,9,14H2,1-2H3. The second-order valence-corrected chi connectivity index (χ2v) is 9.20. The van der Waals surface area contributed by atoms with E-state index >= 15 is 0 Å². The predicted molar refractivity (Wildman–Crippen MR) is 134 cm³/mol. The molecule has 0 saturated carbocycles. The van der Waals surface area contributed by atoms with E-state index < -0.39 is 4.92 Å². The second kappa shape index (κ2) is 8.61. The summed E-state index contributed by atoms with van der Waals surface area (Å²) in [6.07, 6.45) is 1.68. The summed E-state index contributed by atoms with van der Waals surface area (Å²) < 4.78 is 2.15. The summed E-state index contributed by atoms with van der Waals surface area (Å²) >= 11 is 6.38. The fraction of sp³-hybridized carbons (Fsp3) is 0.222. The van der Waals surface area contributed by atoms with Crippen LogP contribution in [0.5, 0.6) is 0 Å². The zero-order chi connectivity index (χ0) is 24.0. The van der Waals surface area contributed by atoms with Crippen LogP contribution in [0.3, 0.4) is 0 Å². The molecule has 1 aromatic heterocycles. The van der Waals surface area contributed by atoms with Gasteiger partial charge >= 0.3 is 0 Å². The average Bonchev–Trinajstić information content (AvgIpc) is 3.41. The number of aromatic nitrogens is 1. The van der Waals surface area contributed by atoms with Gasteiger partial charge in [0.05, 0.1) is 11.0 Å². The van der Waals surface area contributed by atoms with Crippen LogP contribution in [0.4, 0.5) is 5.69 Å². The minimum absolute atomic E-state index is 0.0363. The Balaban J connectivity index is 1.65. The Bertz CT molecular complexity index is 1430. The predicted octanol–water partition coefficient (Wildman–Crippen LogP) is 6.69. The van der Waals surface area contributed by atoms with Crippen LogP contribution in [0.2, 0.25) is 5.02 Å². The van der Waals surface area contributed by atoms with E-state index in [2.05, 4.69) is 16.7 Å². The first-order valence-electron chi connectivity index (χ1n) is 11.3. The van der Waals surface area contributed by atoms with Gasteiger partial charge in [0.15, 0.2) is 0 Å². The number of rotatable bonds is 4. The maximum atomic E-state index is 13.6. The fourth-order valence-electron chi connectivity index (χ4n) is 5.13. The van der Waals surface area contributed by atoms with Crippen molar-refractivity contribution in [3.8, 4) is 11.1 Å². The van der Waals surface area contributed by atoms with Crippen LogP contribution < -0.4 is 0 Å². The quantitative estimate of drug-likeness (QED) is 0.245. The van der Waals surface area contributed by atoms with E-state index in [1.165, 1.54) is 6.07 Å². The molecule has 172 valence electrons. The number of hydrogen-bond donors (Lipinski definition) is 0. The van der Waals surface area contributed by atoms with Gasteiger partial charge in [-0.1, -0.05) is 48.0 Å². The molecule has 34 heavy (non-hydrogen) atoms. The van der Waals surface area contributed by atoms with Crippen LogP contribution in [-0.4, -0.2) is 26.8 Å². The van der Waals surface area contributed by atoms with Crippen molar-refractivity contribution in [2.75, 3.05) is 6.54 Å². The smallest absolute Gasteiger partial charge is 0.273 e. The lowest BCUT2D eigenvalue weighted by atomic mass is 9.97. The van der Waals surface area contributed by atoms with Gasteiger partial charge in [0.2, 0.25) is 0 Å². The molecule has 1 aliphatic rings. The highest BCUT2D eigenvalue weighted by Gasteiger charge is 2.35. The molecule has 0 spiro atoms. The number of halogens is 1. The van der Waals surface area contributed by atoms with Crippen LogP contribution in [0.1, 0.15) is 40.5 Å². The normalized spacial score (nSPS) is 15.7. The van der Waals surface area contributed by atoms with Gasteiger partial charge in [0.25, 0.3) is 11.6 Å². The van der Waals surface area contributed by atoms with Crippen molar-refractivity contribution < 1.29 is 9.72 Å². The molecule has 5 rings (SSSR count). The first-order chi connectivity index (χ1) is 16.4. The maximum absolute atomic E-state index is 13.6. The summed E-state index contributed by atoms with van der Waals surface area (Å²) in [5, 5.41) is 13.1. The summed E-state index contributed by atoms with van der Waals surface area (Å²) in [5.74, 6) is -0.187. The SMILES string of the molecule is Cc1ccc(C(=O)N2CCCC2c2c(-c3ccccc3)c3cc(Cl)ccc3n2C)cc1[N+](=O)[O-]. The Labute approximate surface area is 202 Å². The van der Waals surface area contributed by atoms with E-state index in [9.17, 15) is 14.9 Å². The third kappa shape index (κ3) is 3.64. The maximum Gasteiger partial charge on any atom is 0.273 e. The molecule has 1 atom stereocenters. The van der Waals surface area contributed by atoms with E-state index in [1.54, 1.807) is 19.1 Å². The molecule has 1 amide bonds. The molecule has 6 nitrogen and oxygen atoms in total. The molecule has 1 saturated heterocycles. The molecule has 0 aliphatic carbocycles. The summed E-state index contributed by atoms with van der Waals surface area (Å²) in [7, 11) is 2.02. The molecule has 0 N–H and O–H groups in total. The van der Waals surface area contributed by atoms with Crippen molar-refractivity contribution in [2.45, 2.75) is 25.8 Å². The van der Waals surface area contributed by atoms with Gasteiger partial charge in [0, 0.05) is 58.0 Å². The van der Waals surface area contributed by atoms with Crippen molar-refractivity contribution in [2.24, 2.45) is 7.05 Å². The number of fused-ring (bicyclic) bond motifs is 1. The zero-order valence-corrected chi connectivity index (χ0v) is 19.7. The van der Waals surface area contributed by atoms with Crippen molar-refractivity contribution in [1.82, 2.24) is 9.47 Å². The van der Waals surface area contributed by atoms with Crippen LogP contribution in [0.25, 0.3) is 22.0 Å². The van der Waals surface area contributed by atoms with E-state index in [0.29, 0.717) is 22.7 Å². The number of nitro groups is 1. The highest BCUT2D eigenvalue weighted by atomic mass is 35.5. The van der Waals surface area contributed by atoms with Crippen LogP contribution in [-0.2, 0) is 7.05 Å². The molecule has 7 heteroatoms. The van der Waals surface area contributed by atoms with E-state index in [-0.39, 0.29) is 17.6 Å². The topological polar surface area (TPSA) is 68.4 Å². The highest BCUT2D eigenvalue weighted by Crippen LogP contribution is 2.44. The summed E-state index contributed by atoms with van der Waals surface area (Å²) in [4.78, 5) is 26.5. The number of likely N-dealkylation sites (tertiary alicyclic amines) is 1. The molecule has 2 heterocycles. The molecule has 0 radical (unpaired) electrons. The number of nitrogens with zero attached hydrogens (tertiary/aromatic N) is 3. The van der Waals surface area contributed by atoms with Crippen molar-refractivity contribution in [3.05, 3.63) is 98.7 Å². The molecule has 1 fully saturated rings. The Morgan fingerprint density at radius 1 is 1.09 bits per heavy atom. The van der Waals surface area contributed by atoms with Crippen molar-refractivity contribution in [1.29, 1.82) is 0 Å². The number of aryl methyl sites for hydroxylation is 2. The monoisotopic (exact) mass is 473 g/mol. The first-order valence-corrected chi connectivity index (χ1v) is 11.6. The van der Waals surface area contributed by atoms with E-state index in [4.69, 9.17) is 11.6 Å². The van der Waals surface area contributed by atoms with Crippen LogP contribution in [0, 0.1) is 17.0 Å². The number of benzene rings is 3. The molecule has 0 bridgehead atoms. The Morgan fingerprint density at radius 2 is 1.85 bits per heavy atom. The molecular formula is C27H24ClN3O3. The van der Waals surface area contributed by atoms with Gasteiger partial charge in [-0.15, -0.1) is 0 Å². The number of nitro benzene ring substituents is 1. The minimum Gasteiger partial charge on any atom is -0.345 e. The van der Waals surface area contributed by atoms with Crippen molar-refractivity contribution in [3.63, 3.8) is 0 Å². The molecule has 4 aromatic rings. The fourth-order valence-corrected chi connectivity index (χ4v) is 5.31. The lowest BCUT2D eigenvalue weighted by Crippen LogP contribution is -2.31. The van der Waals surface area contributed by atoms with Gasteiger partial charge in [-0.25, -0.2) is 0 Å². The third-order valence-electron chi connectivity index (χ3n) is 6.75. The van der Waals surface area contributed by atoms with Gasteiger partial charge in [-0.3, -0.25) is 14.9 Å². The lowest BCUT2D eigenvalue weighted by molar-refractivity contribution is -0.385. The first kappa shape index (κ1) is 22.2. The number of hydrogen-bond acceptors (Lipinski definition) is 3. The Morgan fingerprint density at radius 3 is 2.59 bits per heavy atom. The lowest BCUT2D eigenvalue weighted by Gasteiger charge is -2.27. The van der Waals surface area contributed by atoms with Crippen LogP contribution in [0.15, 0.2) is 66.7 Å². The van der Waals surface area contributed by atoms with Crippen LogP contribution >= 0.6 is 11.6 Å². The minimum atomic E-state index is -0.436.